The summed E-state index contributed by atoms with van der Waals surface area (Å²) in [6.07, 6.45) is 7.40. The van der Waals surface area contributed by atoms with Crippen molar-refractivity contribution in [1.82, 2.24) is 0 Å². The van der Waals surface area contributed by atoms with Gasteiger partial charge in [0.25, 0.3) is 0 Å². The van der Waals surface area contributed by atoms with Crippen molar-refractivity contribution >= 4 is 5.78 Å². The molecular weight excluding hydrogens is 212 g/mol. The van der Waals surface area contributed by atoms with Crippen LogP contribution < -0.4 is 0 Å². The summed E-state index contributed by atoms with van der Waals surface area (Å²) in [5.41, 5.74) is 0.871. The van der Waals surface area contributed by atoms with E-state index in [0.717, 1.165) is 24.8 Å². The number of hydrogen-bond donors (Lipinski definition) is 0. The molecule has 0 aromatic rings. The van der Waals surface area contributed by atoms with Crippen LogP contribution in [0.1, 0.15) is 59.8 Å². The zero-order valence-electron chi connectivity index (χ0n) is 11.7. The predicted molar refractivity (Wildman–Crippen MR) is 71.0 cm³/mol. The van der Waals surface area contributed by atoms with E-state index in [1.165, 1.54) is 12.8 Å². The molecule has 17 heavy (non-hydrogen) atoms. The highest BCUT2D eigenvalue weighted by atomic mass is 16.5. The van der Waals surface area contributed by atoms with Crippen LogP contribution in [-0.4, -0.2) is 18.5 Å². The first-order chi connectivity index (χ1) is 7.96. The van der Waals surface area contributed by atoms with Crippen LogP contribution in [0.4, 0.5) is 0 Å². The molecule has 0 fully saturated rings. The van der Waals surface area contributed by atoms with Crippen LogP contribution in [0, 0.1) is 5.41 Å². The lowest BCUT2D eigenvalue weighted by Gasteiger charge is -2.29. The molecule has 1 aliphatic rings. The number of carbonyl (C=O) groups is 1. The molecule has 0 aromatic carbocycles. The Hall–Kier alpha value is -0.630. The molecule has 0 heterocycles. The molecule has 0 bridgehead atoms. The molecule has 0 aromatic heterocycles. The third kappa shape index (κ3) is 4.27. The Morgan fingerprint density at radius 2 is 2.06 bits per heavy atom. The highest BCUT2D eigenvalue weighted by Gasteiger charge is 2.33. The molecule has 0 N–H and O–H groups in total. The SMILES string of the molecule is CCOC(C(=O)C1=CCCCCC1)C(C)(C)C. The Balaban J connectivity index is 2.79. The summed E-state index contributed by atoms with van der Waals surface area (Å²) in [6.45, 7) is 8.77. The molecule has 1 rings (SSSR count). The van der Waals surface area contributed by atoms with Crippen molar-refractivity contribution in [3.63, 3.8) is 0 Å². The predicted octanol–water partition coefficient (Wildman–Crippen LogP) is 3.90. The average Bonchev–Trinajstić information content (AvgIpc) is 2.51. The molecule has 0 spiro atoms. The first-order valence-electron chi connectivity index (χ1n) is 6.81. The monoisotopic (exact) mass is 238 g/mol. The van der Waals surface area contributed by atoms with Crippen LogP contribution in [0.5, 0.6) is 0 Å². The van der Waals surface area contributed by atoms with Crippen LogP contribution in [0.25, 0.3) is 0 Å². The van der Waals surface area contributed by atoms with Gasteiger partial charge < -0.3 is 4.74 Å². The fourth-order valence-electron chi connectivity index (χ4n) is 2.29. The zero-order valence-corrected chi connectivity index (χ0v) is 11.7. The molecule has 1 unspecified atom stereocenters. The van der Waals surface area contributed by atoms with Gasteiger partial charge >= 0.3 is 0 Å². The summed E-state index contributed by atoms with van der Waals surface area (Å²) in [5, 5.41) is 0. The zero-order chi connectivity index (χ0) is 12.9. The van der Waals surface area contributed by atoms with Crippen molar-refractivity contribution in [3.8, 4) is 0 Å². The number of Topliss-reactive ketones (excluding diaryl/α,β-unsaturated/α-hetero) is 1. The quantitative estimate of drug-likeness (QED) is 0.742. The first kappa shape index (κ1) is 14.4. The second-order valence-corrected chi connectivity index (χ2v) is 5.89. The van der Waals surface area contributed by atoms with Crippen LogP contribution >= 0.6 is 0 Å². The van der Waals surface area contributed by atoms with Crippen molar-refractivity contribution in [3.05, 3.63) is 11.6 Å². The Labute approximate surface area is 105 Å². The maximum atomic E-state index is 12.5. The van der Waals surface area contributed by atoms with Crippen molar-refractivity contribution in [2.45, 2.75) is 65.9 Å². The van der Waals surface area contributed by atoms with Gasteiger partial charge in [-0.15, -0.1) is 0 Å². The molecule has 0 saturated heterocycles. The van der Waals surface area contributed by atoms with E-state index in [2.05, 4.69) is 26.8 Å². The Morgan fingerprint density at radius 3 is 2.65 bits per heavy atom. The van der Waals surface area contributed by atoms with E-state index in [9.17, 15) is 4.79 Å². The first-order valence-corrected chi connectivity index (χ1v) is 6.81. The molecule has 2 nitrogen and oxygen atoms in total. The highest BCUT2D eigenvalue weighted by molar-refractivity contribution is 5.99. The summed E-state index contributed by atoms with van der Waals surface area (Å²) in [4.78, 5) is 12.5. The van der Waals surface area contributed by atoms with E-state index < -0.39 is 0 Å². The van der Waals surface area contributed by atoms with Gasteiger partial charge in [-0.25, -0.2) is 0 Å². The summed E-state index contributed by atoms with van der Waals surface area (Å²) in [6, 6.07) is 0. The van der Waals surface area contributed by atoms with Gasteiger partial charge in [-0.2, -0.15) is 0 Å². The van der Waals surface area contributed by atoms with E-state index in [0.29, 0.717) is 6.61 Å². The van der Waals surface area contributed by atoms with Crippen LogP contribution in [0.15, 0.2) is 11.6 Å². The third-order valence-electron chi connectivity index (χ3n) is 3.22. The summed E-state index contributed by atoms with van der Waals surface area (Å²) >= 11 is 0. The number of ketones is 1. The topological polar surface area (TPSA) is 26.3 Å². The summed E-state index contributed by atoms with van der Waals surface area (Å²) < 4.78 is 5.67. The normalized spacial score (nSPS) is 19.4. The van der Waals surface area contributed by atoms with Crippen LogP contribution in [-0.2, 0) is 9.53 Å². The number of rotatable bonds is 4. The maximum absolute atomic E-state index is 12.5. The molecule has 98 valence electrons. The molecule has 2 heteroatoms. The van der Waals surface area contributed by atoms with Crippen molar-refractivity contribution < 1.29 is 9.53 Å². The molecule has 1 atom stereocenters. The molecule has 0 radical (unpaired) electrons. The fraction of sp³-hybridized carbons (Fsp3) is 0.800. The van der Waals surface area contributed by atoms with E-state index >= 15 is 0 Å². The number of allylic oxidation sites excluding steroid dienone is 1. The minimum atomic E-state index is -0.295. The Morgan fingerprint density at radius 1 is 1.35 bits per heavy atom. The lowest BCUT2D eigenvalue weighted by Crippen LogP contribution is -2.38. The van der Waals surface area contributed by atoms with Crippen LogP contribution in [0.3, 0.4) is 0 Å². The molecule has 0 amide bonds. The van der Waals surface area contributed by atoms with Gasteiger partial charge in [0.15, 0.2) is 5.78 Å². The van der Waals surface area contributed by atoms with Gasteiger partial charge in [-0.05, 0) is 43.6 Å². The lowest BCUT2D eigenvalue weighted by molar-refractivity contribution is -0.133. The summed E-state index contributed by atoms with van der Waals surface area (Å²) in [5.74, 6) is 0.209. The van der Waals surface area contributed by atoms with Crippen molar-refractivity contribution in [1.29, 1.82) is 0 Å². The van der Waals surface area contributed by atoms with Gasteiger partial charge in [0.2, 0.25) is 0 Å². The van der Waals surface area contributed by atoms with Crippen molar-refractivity contribution in [2.75, 3.05) is 6.61 Å². The van der Waals surface area contributed by atoms with Gasteiger partial charge in [0.05, 0.1) is 0 Å². The van der Waals surface area contributed by atoms with E-state index in [-0.39, 0.29) is 17.3 Å². The van der Waals surface area contributed by atoms with Crippen LogP contribution in [0.2, 0.25) is 0 Å². The van der Waals surface area contributed by atoms with E-state index in [1.54, 1.807) is 0 Å². The third-order valence-corrected chi connectivity index (χ3v) is 3.22. The average molecular weight is 238 g/mol. The molecule has 0 aliphatic heterocycles. The standard InChI is InChI=1S/C15H26O2/c1-5-17-14(15(2,3)4)13(16)12-10-8-6-7-9-11-12/h10,14H,5-9,11H2,1-4H3. The number of hydrogen-bond acceptors (Lipinski definition) is 2. The minimum Gasteiger partial charge on any atom is -0.370 e. The molecule has 1 aliphatic carbocycles. The van der Waals surface area contributed by atoms with Gasteiger partial charge in [0.1, 0.15) is 6.10 Å². The fourth-order valence-corrected chi connectivity index (χ4v) is 2.29. The second-order valence-electron chi connectivity index (χ2n) is 5.89. The van der Waals surface area contributed by atoms with Gasteiger partial charge in [-0.1, -0.05) is 33.3 Å². The lowest BCUT2D eigenvalue weighted by atomic mass is 9.83. The number of ether oxygens (including phenoxy) is 1. The maximum Gasteiger partial charge on any atom is 0.187 e. The Kier molecular flexibility index (Phi) is 5.38. The molecular formula is C15H26O2. The Bertz CT molecular complexity index is 284. The summed E-state index contributed by atoms with van der Waals surface area (Å²) in [7, 11) is 0. The van der Waals surface area contributed by atoms with E-state index in [1.807, 2.05) is 6.92 Å². The second kappa shape index (κ2) is 6.34. The smallest absolute Gasteiger partial charge is 0.187 e. The van der Waals surface area contributed by atoms with Crippen molar-refractivity contribution in [2.24, 2.45) is 5.41 Å². The minimum absolute atomic E-state index is 0.125. The van der Waals surface area contributed by atoms with E-state index in [4.69, 9.17) is 4.74 Å². The largest absolute Gasteiger partial charge is 0.370 e. The molecule has 0 saturated carbocycles. The van der Waals surface area contributed by atoms with Gasteiger partial charge in [-0.3, -0.25) is 4.79 Å². The van der Waals surface area contributed by atoms with Gasteiger partial charge in [0, 0.05) is 6.61 Å². The number of carbonyl (C=O) groups excluding carboxylic acids is 1. The highest BCUT2D eigenvalue weighted by Crippen LogP contribution is 2.28.